The van der Waals surface area contributed by atoms with Crippen molar-refractivity contribution in [2.24, 2.45) is 0 Å². The third-order valence-electron chi connectivity index (χ3n) is 5.37. The molecule has 0 bridgehead atoms. The number of benzene rings is 2. The van der Waals surface area contributed by atoms with Gasteiger partial charge in [-0.1, -0.05) is 55.5 Å². The van der Waals surface area contributed by atoms with Crippen molar-refractivity contribution in [2.45, 2.75) is 19.9 Å². The fraction of sp³-hybridized carbons (Fsp3) is 0.130. The molecule has 0 aliphatic carbocycles. The molecular formula is C23H20N8O2. The Kier molecular flexibility index (Phi) is 5.23. The number of fused-ring (bicyclic) bond motifs is 1. The van der Waals surface area contributed by atoms with Gasteiger partial charge in [0.2, 0.25) is 5.82 Å². The summed E-state index contributed by atoms with van der Waals surface area (Å²) >= 11 is 0. The van der Waals surface area contributed by atoms with Gasteiger partial charge < -0.3 is 10.4 Å². The number of H-pyrrole nitrogens is 1. The first-order valence-electron chi connectivity index (χ1n) is 10.4. The van der Waals surface area contributed by atoms with Gasteiger partial charge in [0.05, 0.1) is 6.20 Å². The first-order valence-corrected chi connectivity index (χ1v) is 10.4. The molecule has 164 valence electrons. The van der Waals surface area contributed by atoms with Crippen molar-refractivity contribution in [1.82, 2.24) is 35.0 Å². The maximum Gasteiger partial charge on any atom is 0.372 e. The van der Waals surface area contributed by atoms with Crippen LogP contribution < -0.4 is 5.32 Å². The van der Waals surface area contributed by atoms with Gasteiger partial charge in [-0.3, -0.25) is 4.40 Å². The van der Waals surface area contributed by atoms with Crippen molar-refractivity contribution in [3.05, 3.63) is 77.9 Å². The molecule has 0 saturated carbocycles. The molecule has 10 heteroatoms. The minimum atomic E-state index is -1.10. The van der Waals surface area contributed by atoms with Crippen LogP contribution in [0.5, 0.6) is 0 Å². The smallest absolute Gasteiger partial charge is 0.372 e. The summed E-state index contributed by atoms with van der Waals surface area (Å²) in [5, 5.41) is 27.0. The molecule has 0 saturated heterocycles. The number of hydrogen-bond acceptors (Lipinski definition) is 7. The Bertz CT molecular complexity index is 1430. The zero-order chi connectivity index (χ0) is 22.8. The van der Waals surface area contributed by atoms with E-state index in [1.807, 2.05) is 61.5 Å². The number of rotatable bonds is 7. The number of imidazole rings is 1. The number of aromatic carboxylic acids is 1. The summed E-state index contributed by atoms with van der Waals surface area (Å²) in [5.41, 5.74) is 5.37. The summed E-state index contributed by atoms with van der Waals surface area (Å²) in [5.74, 6) is 0.0731. The summed E-state index contributed by atoms with van der Waals surface area (Å²) in [6, 6.07) is 17.9. The summed E-state index contributed by atoms with van der Waals surface area (Å²) in [6.45, 7) is 2.51. The predicted molar refractivity (Wildman–Crippen MR) is 122 cm³/mol. The molecule has 3 N–H and O–H groups in total. The van der Waals surface area contributed by atoms with Crippen molar-refractivity contribution in [3.63, 3.8) is 0 Å². The summed E-state index contributed by atoms with van der Waals surface area (Å²) < 4.78 is 1.53. The maximum atomic E-state index is 11.6. The van der Waals surface area contributed by atoms with Crippen LogP contribution in [0.3, 0.4) is 0 Å². The van der Waals surface area contributed by atoms with E-state index in [-0.39, 0.29) is 5.82 Å². The lowest BCUT2D eigenvalue weighted by atomic mass is 9.98. The first kappa shape index (κ1) is 20.3. The number of carbonyl (C=O) groups is 1. The van der Waals surface area contributed by atoms with Gasteiger partial charge in [-0.05, 0) is 33.5 Å². The number of aromatic amines is 1. The number of aryl methyl sites for hydroxylation is 1. The number of nitrogens with one attached hydrogen (secondary N) is 2. The van der Waals surface area contributed by atoms with E-state index in [1.54, 1.807) is 0 Å². The Morgan fingerprint density at radius 1 is 1.12 bits per heavy atom. The maximum absolute atomic E-state index is 11.6. The molecule has 10 nitrogen and oxygen atoms in total. The Balaban J connectivity index is 1.41. The largest absolute Gasteiger partial charge is 0.475 e. The summed E-state index contributed by atoms with van der Waals surface area (Å²) in [4.78, 5) is 20.1. The van der Waals surface area contributed by atoms with Gasteiger partial charge in [0.1, 0.15) is 5.82 Å². The SMILES string of the molecule is CCc1cc(NCc2ccc(-c3ccccc3-c3nnn[nH]3)cc2)n2c(C(=O)O)ncc2n1. The number of carboxylic acid groups (broad SMARTS) is 1. The topological polar surface area (TPSA) is 134 Å². The van der Waals surface area contributed by atoms with Gasteiger partial charge >= 0.3 is 5.97 Å². The highest BCUT2D eigenvalue weighted by molar-refractivity contribution is 5.85. The van der Waals surface area contributed by atoms with Crippen LogP contribution in [0.4, 0.5) is 5.82 Å². The normalized spacial score (nSPS) is 11.1. The Labute approximate surface area is 188 Å². The van der Waals surface area contributed by atoms with Crippen molar-refractivity contribution in [1.29, 1.82) is 0 Å². The van der Waals surface area contributed by atoms with Crippen molar-refractivity contribution < 1.29 is 9.90 Å². The van der Waals surface area contributed by atoms with Gasteiger partial charge in [0, 0.05) is 23.9 Å². The molecule has 3 heterocycles. The number of nitrogens with zero attached hydrogens (tertiary/aromatic N) is 6. The monoisotopic (exact) mass is 440 g/mol. The highest BCUT2D eigenvalue weighted by Crippen LogP contribution is 2.29. The number of hydrogen-bond donors (Lipinski definition) is 3. The summed E-state index contributed by atoms with van der Waals surface area (Å²) in [6.07, 6.45) is 2.21. The zero-order valence-electron chi connectivity index (χ0n) is 17.7. The van der Waals surface area contributed by atoms with Crippen LogP contribution >= 0.6 is 0 Å². The highest BCUT2D eigenvalue weighted by atomic mass is 16.4. The molecule has 2 aromatic carbocycles. The zero-order valence-corrected chi connectivity index (χ0v) is 17.7. The average Bonchev–Trinajstić information content (AvgIpc) is 3.53. The van der Waals surface area contributed by atoms with Crippen molar-refractivity contribution >= 4 is 17.4 Å². The van der Waals surface area contributed by atoms with E-state index in [4.69, 9.17) is 0 Å². The van der Waals surface area contributed by atoms with Crippen molar-refractivity contribution in [2.75, 3.05) is 5.32 Å². The average molecular weight is 440 g/mol. The standard InChI is InChI=1S/C23H20N8O2/c1-2-16-11-19(31-20(26-16)13-25-22(31)23(32)33)24-12-14-7-9-15(10-8-14)17-5-3-4-6-18(17)21-27-29-30-28-21/h3-11,13,24H,2,12H2,1H3,(H,32,33)(H,27,28,29,30). The van der Waals surface area contributed by atoms with Crippen LogP contribution in [0.25, 0.3) is 28.2 Å². The third kappa shape index (κ3) is 3.89. The molecule has 33 heavy (non-hydrogen) atoms. The first-order chi connectivity index (χ1) is 16.1. The fourth-order valence-electron chi connectivity index (χ4n) is 3.73. The van der Waals surface area contributed by atoms with Crippen LogP contribution in [0.1, 0.15) is 28.8 Å². The van der Waals surface area contributed by atoms with Crippen molar-refractivity contribution in [3.8, 4) is 22.5 Å². The molecule has 0 fully saturated rings. The van der Waals surface area contributed by atoms with Gasteiger partial charge in [-0.15, -0.1) is 5.10 Å². The molecule has 0 amide bonds. The Morgan fingerprint density at radius 2 is 1.91 bits per heavy atom. The van der Waals surface area contributed by atoms with Crippen LogP contribution in [0, 0.1) is 0 Å². The van der Waals surface area contributed by atoms with E-state index >= 15 is 0 Å². The second-order valence-corrected chi connectivity index (χ2v) is 7.41. The van der Waals surface area contributed by atoms with Gasteiger partial charge in [-0.2, -0.15) is 0 Å². The molecular weight excluding hydrogens is 420 g/mol. The van der Waals surface area contributed by atoms with E-state index in [1.165, 1.54) is 10.6 Å². The van der Waals surface area contributed by atoms with E-state index in [0.717, 1.165) is 34.4 Å². The lowest BCUT2D eigenvalue weighted by Gasteiger charge is -2.12. The van der Waals surface area contributed by atoms with Crippen LogP contribution in [-0.4, -0.2) is 46.1 Å². The van der Waals surface area contributed by atoms with Crippen LogP contribution in [0.2, 0.25) is 0 Å². The van der Waals surface area contributed by atoms with E-state index in [9.17, 15) is 9.90 Å². The van der Waals surface area contributed by atoms with E-state index < -0.39 is 5.97 Å². The van der Waals surface area contributed by atoms with Crippen LogP contribution in [-0.2, 0) is 13.0 Å². The molecule has 0 atom stereocenters. The minimum Gasteiger partial charge on any atom is -0.475 e. The molecule has 5 rings (SSSR count). The lowest BCUT2D eigenvalue weighted by Crippen LogP contribution is -2.11. The second-order valence-electron chi connectivity index (χ2n) is 7.41. The Morgan fingerprint density at radius 3 is 2.61 bits per heavy atom. The number of tetrazole rings is 1. The molecule has 0 aliphatic heterocycles. The van der Waals surface area contributed by atoms with E-state index in [2.05, 4.69) is 35.9 Å². The lowest BCUT2D eigenvalue weighted by molar-refractivity contribution is 0.0683. The number of anilines is 1. The molecule has 5 aromatic rings. The van der Waals surface area contributed by atoms with E-state index in [0.29, 0.717) is 23.8 Å². The molecule has 0 unspecified atom stereocenters. The molecule has 0 radical (unpaired) electrons. The predicted octanol–water partition coefficient (Wildman–Crippen LogP) is 3.45. The highest BCUT2D eigenvalue weighted by Gasteiger charge is 2.16. The fourth-order valence-corrected chi connectivity index (χ4v) is 3.73. The van der Waals surface area contributed by atoms with Gasteiger partial charge in [0.15, 0.2) is 11.5 Å². The quantitative estimate of drug-likeness (QED) is 0.350. The van der Waals surface area contributed by atoms with Crippen LogP contribution in [0.15, 0.2) is 60.8 Å². The molecule has 0 aliphatic rings. The van der Waals surface area contributed by atoms with Gasteiger partial charge in [-0.25, -0.2) is 19.9 Å². The molecule has 0 spiro atoms. The summed E-state index contributed by atoms with van der Waals surface area (Å²) in [7, 11) is 0. The minimum absolute atomic E-state index is 0.0727. The molecule has 3 aromatic heterocycles. The second kappa shape index (κ2) is 8.50. The van der Waals surface area contributed by atoms with Gasteiger partial charge in [0.25, 0.3) is 0 Å². The number of aromatic nitrogens is 7. The number of carboxylic acids is 1. The third-order valence-corrected chi connectivity index (χ3v) is 5.37. The Hall–Kier alpha value is -4.60.